The van der Waals surface area contributed by atoms with Gasteiger partial charge in [0, 0.05) is 19.3 Å². The van der Waals surface area contributed by atoms with Gasteiger partial charge in [-0.2, -0.15) is 13.2 Å². The molecule has 0 bridgehead atoms. The van der Waals surface area contributed by atoms with Crippen LogP contribution < -0.4 is 4.90 Å². The molecule has 0 atom stereocenters. The highest BCUT2D eigenvalue weighted by atomic mass is 19.4. The first-order chi connectivity index (χ1) is 8.28. The zero-order chi connectivity index (χ0) is 13.8. The van der Waals surface area contributed by atoms with Crippen molar-refractivity contribution in [3.05, 3.63) is 30.0 Å². The second kappa shape index (κ2) is 5.52. The van der Waals surface area contributed by atoms with Crippen molar-refractivity contribution in [3.8, 4) is 0 Å². The fraction of sp³-hybridized carbons (Fsp3) is 0.273. The molecular formula is C11H11F3N2O2. The van der Waals surface area contributed by atoms with Gasteiger partial charge in [-0.3, -0.25) is 0 Å². The van der Waals surface area contributed by atoms with E-state index in [1.54, 1.807) is 0 Å². The van der Waals surface area contributed by atoms with Crippen LogP contribution in [0.3, 0.4) is 0 Å². The molecule has 0 radical (unpaired) electrons. The molecule has 1 heterocycles. The first-order valence-corrected chi connectivity index (χ1v) is 4.93. The van der Waals surface area contributed by atoms with Gasteiger partial charge in [-0.05, 0) is 23.8 Å². The molecule has 0 aliphatic heterocycles. The zero-order valence-electron chi connectivity index (χ0n) is 9.48. The van der Waals surface area contributed by atoms with Crippen molar-refractivity contribution in [2.45, 2.75) is 6.18 Å². The van der Waals surface area contributed by atoms with E-state index >= 15 is 0 Å². The molecule has 1 N–H and O–H groups in total. The minimum Gasteiger partial charge on any atom is -0.478 e. The average molecular weight is 260 g/mol. The highest BCUT2D eigenvalue weighted by Crippen LogP contribution is 2.19. The molecule has 18 heavy (non-hydrogen) atoms. The Labute approximate surface area is 101 Å². The van der Waals surface area contributed by atoms with Gasteiger partial charge in [-0.1, -0.05) is 0 Å². The Hall–Kier alpha value is -2.05. The van der Waals surface area contributed by atoms with E-state index in [-0.39, 0.29) is 5.82 Å². The highest BCUT2D eigenvalue weighted by molar-refractivity contribution is 5.85. The van der Waals surface area contributed by atoms with Crippen molar-refractivity contribution in [2.75, 3.05) is 18.5 Å². The third kappa shape index (κ3) is 4.86. The topological polar surface area (TPSA) is 53.4 Å². The normalized spacial score (nSPS) is 11.8. The van der Waals surface area contributed by atoms with Crippen LogP contribution in [0.1, 0.15) is 5.56 Å². The summed E-state index contributed by atoms with van der Waals surface area (Å²) in [6.45, 7) is -1.09. The van der Waals surface area contributed by atoms with Crippen molar-refractivity contribution < 1.29 is 23.1 Å². The van der Waals surface area contributed by atoms with Gasteiger partial charge in [0.2, 0.25) is 0 Å². The summed E-state index contributed by atoms with van der Waals surface area (Å²) in [6, 6.07) is 2.89. The van der Waals surface area contributed by atoms with Crippen molar-refractivity contribution in [1.29, 1.82) is 0 Å². The number of aromatic nitrogens is 1. The predicted molar refractivity (Wildman–Crippen MR) is 60.2 cm³/mol. The zero-order valence-corrected chi connectivity index (χ0v) is 9.48. The SMILES string of the molecule is CN(CC(F)(F)F)c1ccc(/C=C/C(=O)O)cn1. The van der Waals surface area contributed by atoms with E-state index in [2.05, 4.69) is 4.98 Å². The van der Waals surface area contributed by atoms with Gasteiger partial charge in [-0.15, -0.1) is 0 Å². The summed E-state index contributed by atoms with van der Waals surface area (Å²) in [5.74, 6) is -0.937. The van der Waals surface area contributed by atoms with Crippen LogP contribution in [0.5, 0.6) is 0 Å². The van der Waals surface area contributed by atoms with Gasteiger partial charge < -0.3 is 10.0 Å². The van der Waals surface area contributed by atoms with Gasteiger partial charge in [-0.25, -0.2) is 9.78 Å². The van der Waals surface area contributed by atoms with E-state index in [1.165, 1.54) is 31.5 Å². The van der Waals surface area contributed by atoms with Crippen LogP contribution in [0.25, 0.3) is 6.08 Å². The van der Waals surface area contributed by atoms with E-state index in [0.717, 1.165) is 11.0 Å². The van der Waals surface area contributed by atoms with Crippen LogP contribution in [0.2, 0.25) is 0 Å². The minimum absolute atomic E-state index is 0.166. The molecular weight excluding hydrogens is 249 g/mol. The molecule has 0 aliphatic rings. The van der Waals surface area contributed by atoms with Gasteiger partial charge >= 0.3 is 12.1 Å². The lowest BCUT2D eigenvalue weighted by atomic mass is 10.2. The fourth-order valence-corrected chi connectivity index (χ4v) is 1.24. The fourth-order valence-electron chi connectivity index (χ4n) is 1.24. The Kier molecular flexibility index (Phi) is 4.30. The summed E-state index contributed by atoms with van der Waals surface area (Å²) in [5.41, 5.74) is 0.501. The van der Waals surface area contributed by atoms with Crippen molar-refractivity contribution in [1.82, 2.24) is 4.98 Å². The van der Waals surface area contributed by atoms with Crippen LogP contribution in [-0.4, -0.2) is 35.8 Å². The van der Waals surface area contributed by atoms with E-state index in [0.29, 0.717) is 5.56 Å². The molecule has 1 aromatic heterocycles. The van der Waals surface area contributed by atoms with E-state index in [1.807, 2.05) is 0 Å². The lowest BCUT2D eigenvalue weighted by Crippen LogP contribution is -2.31. The largest absolute Gasteiger partial charge is 0.478 e. The van der Waals surface area contributed by atoms with Gasteiger partial charge in [0.1, 0.15) is 12.4 Å². The molecule has 0 aromatic carbocycles. The number of pyridine rings is 1. The van der Waals surface area contributed by atoms with Gasteiger partial charge in [0.05, 0.1) is 0 Å². The Morgan fingerprint density at radius 2 is 2.17 bits per heavy atom. The first-order valence-electron chi connectivity index (χ1n) is 4.93. The number of alkyl halides is 3. The van der Waals surface area contributed by atoms with Crippen molar-refractivity contribution in [2.24, 2.45) is 0 Å². The predicted octanol–water partition coefficient (Wildman–Crippen LogP) is 2.18. The summed E-state index contributed by atoms with van der Waals surface area (Å²) >= 11 is 0. The van der Waals surface area contributed by atoms with E-state index in [4.69, 9.17) is 5.11 Å². The number of halogens is 3. The maximum atomic E-state index is 12.1. The third-order valence-corrected chi connectivity index (χ3v) is 2.00. The Morgan fingerprint density at radius 3 is 2.61 bits per heavy atom. The molecule has 98 valence electrons. The minimum atomic E-state index is -4.29. The average Bonchev–Trinajstić information content (AvgIpc) is 2.24. The Balaban J connectivity index is 2.73. The number of hydrogen-bond acceptors (Lipinski definition) is 3. The van der Waals surface area contributed by atoms with E-state index < -0.39 is 18.7 Å². The van der Waals surface area contributed by atoms with Crippen LogP contribution in [0.15, 0.2) is 24.4 Å². The number of hydrogen-bond donors (Lipinski definition) is 1. The summed E-state index contributed by atoms with van der Waals surface area (Å²) in [6.07, 6.45) is -0.751. The van der Waals surface area contributed by atoms with Gasteiger partial charge in [0.25, 0.3) is 0 Å². The summed E-state index contributed by atoms with van der Waals surface area (Å²) in [5, 5.41) is 8.40. The number of rotatable bonds is 4. The Bertz CT molecular complexity index is 441. The smallest absolute Gasteiger partial charge is 0.405 e. The number of carbonyl (C=O) groups is 1. The maximum absolute atomic E-state index is 12.1. The molecule has 7 heteroatoms. The number of aliphatic carboxylic acids is 1. The molecule has 0 saturated heterocycles. The lowest BCUT2D eigenvalue weighted by Gasteiger charge is -2.19. The number of anilines is 1. The maximum Gasteiger partial charge on any atom is 0.405 e. The molecule has 1 aromatic rings. The van der Waals surface area contributed by atoms with Crippen LogP contribution in [-0.2, 0) is 4.79 Å². The molecule has 0 fully saturated rings. The molecule has 4 nitrogen and oxygen atoms in total. The highest BCUT2D eigenvalue weighted by Gasteiger charge is 2.29. The molecule has 1 rings (SSSR count). The quantitative estimate of drug-likeness (QED) is 0.843. The molecule has 0 spiro atoms. The second-order valence-electron chi connectivity index (χ2n) is 3.59. The van der Waals surface area contributed by atoms with Crippen LogP contribution in [0.4, 0.5) is 19.0 Å². The van der Waals surface area contributed by atoms with Gasteiger partial charge in [0.15, 0.2) is 0 Å². The summed E-state index contributed by atoms with van der Waals surface area (Å²) in [4.78, 5) is 15.0. The number of nitrogens with zero attached hydrogens (tertiary/aromatic N) is 2. The Morgan fingerprint density at radius 1 is 1.50 bits per heavy atom. The molecule has 0 unspecified atom stereocenters. The van der Waals surface area contributed by atoms with Crippen molar-refractivity contribution in [3.63, 3.8) is 0 Å². The summed E-state index contributed by atoms with van der Waals surface area (Å²) in [7, 11) is 1.28. The third-order valence-electron chi connectivity index (χ3n) is 2.00. The van der Waals surface area contributed by atoms with Crippen LogP contribution >= 0.6 is 0 Å². The van der Waals surface area contributed by atoms with E-state index in [9.17, 15) is 18.0 Å². The van der Waals surface area contributed by atoms with Crippen molar-refractivity contribution >= 4 is 17.9 Å². The second-order valence-corrected chi connectivity index (χ2v) is 3.59. The number of carboxylic acids is 1. The monoisotopic (exact) mass is 260 g/mol. The first kappa shape index (κ1) is 14.0. The van der Waals surface area contributed by atoms with Crippen LogP contribution in [0, 0.1) is 0 Å². The molecule has 0 amide bonds. The molecule has 0 aliphatic carbocycles. The number of carboxylic acid groups (broad SMARTS) is 1. The standard InChI is InChI=1S/C11H11F3N2O2/c1-16(7-11(12,13)14)9-4-2-8(6-15-9)3-5-10(17)18/h2-6H,7H2,1H3,(H,17,18)/b5-3+. The molecule has 0 saturated carbocycles. The lowest BCUT2D eigenvalue weighted by molar-refractivity contribution is -0.131. The summed E-state index contributed by atoms with van der Waals surface area (Å²) < 4.78 is 36.4.